The third-order valence-corrected chi connectivity index (χ3v) is 6.03. The molecular weight excluding hydrogens is 348 g/mol. The highest BCUT2D eigenvalue weighted by Crippen LogP contribution is 2.30. The van der Waals surface area contributed by atoms with Crippen LogP contribution in [-0.2, 0) is 0 Å². The molecule has 3 aromatic rings. The van der Waals surface area contributed by atoms with Gasteiger partial charge in [0, 0.05) is 18.2 Å². The van der Waals surface area contributed by atoms with Gasteiger partial charge in [0.15, 0.2) is 0 Å². The number of piperidine rings is 3. The summed E-state index contributed by atoms with van der Waals surface area (Å²) in [5.74, 6) is 0.568. The summed E-state index contributed by atoms with van der Waals surface area (Å²) in [6.45, 7) is 3.29. The summed E-state index contributed by atoms with van der Waals surface area (Å²) in [5, 5.41) is 7.88. The average molecular weight is 372 g/mol. The molecule has 0 saturated carbocycles. The van der Waals surface area contributed by atoms with E-state index in [-0.39, 0.29) is 11.9 Å². The maximum atomic E-state index is 13.2. The van der Waals surface area contributed by atoms with E-state index in [2.05, 4.69) is 15.3 Å². The molecule has 28 heavy (non-hydrogen) atoms. The first-order valence-electron chi connectivity index (χ1n) is 10.0. The summed E-state index contributed by atoms with van der Waals surface area (Å²) < 4.78 is 1.86. The zero-order valence-electron chi connectivity index (χ0n) is 15.8. The number of aromatic nitrogens is 2. The Morgan fingerprint density at radius 1 is 0.964 bits per heavy atom. The summed E-state index contributed by atoms with van der Waals surface area (Å²) in [6.07, 6.45) is 4.06. The minimum absolute atomic E-state index is 0.0280. The molecule has 2 aromatic carbocycles. The van der Waals surface area contributed by atoms with Gasteiger partial charge in [-0.05, 0) is 44.0 Å². The molecule has 142 valence electrons. The smallest absolute Gasteiger partial charge is 0.255 e. The van der Waals surface area contributed by atoms with E-state index in [0.717, 1.165) is 36.6 Å². The lowest BCUT2D eigenvalue weighted by atomic mass is 9.84. The molecular formula is C23H24N4O. The van der Waals surface area contributed by atoms with Crippen LogP contribution in [0.4, 0.5) is 0 Å². The van der Waals surface area contributed by atoms with Crippen molar-refractivity contribution in [1.82, 2.24) is 20.0 Å². The number of amides is 1. The van der Waals surface area contributed by atoms with Crippen molar-refractivity contribution >= 4 is 5.91 Å². The van der Waals surface area contributed by atoms with Crippen LogP contribution in [0, 0.1) is 5.92 Å². The highest BCUT2D eigenvalue weighted by atomic mass is 16.1. The number of hydrogen-bond donors (Lipinski definition) is 1. The minimum atomic E-state index is -0.0280. The van der Waals surface area contributed by atoms with E-state index in [9.17, 15) is 4.79 Å². The van der Waals surface area contributed by atoms with Gasteiger partial charge in [-0.15, -0.1) is 0 Å². The standard InChI is InChI=1S/C23H24N4O/c28-23(25-21-16-26-13-11-17(21)12-14-26)20-15-24-27(19-9-5-2-6-10-19)22(20)18-7-3-1-4-8-18/h1-10,15,17,21H,11-14,16H2,(H,25,28)/t21-/m0/s1. The van der Waals surface area contributed by atoms with E-state index in [4.69, 9.17) is 0 Å². The number of benzene rings is 2. The summed E-state index contributed by atoms with van der Waals surface area (Å²) in [4.78, 5) is 15.7. The first-order valence-corrected chi connectivity index (χ1v) is 10.0. The highest BCUT2D eigenvalue weighted by Gasteiger charge is 2.35. The first-order chi connectivity index (χ1) is 13.8. The van der Waals surface area contributed by atoms with Crippen LogP contribution in [0.1, 0.15) is 23.2 Å². The monoisotopic (exact) mass is 372 g/mol. The van der Waals surface area contributed by atoms with E-state index >= 15 is 0 Å². The Morgan fingerprint density at radius 2 is 1.64 bits per heavy atom. The van der Waals surface area contributed by atoms with Crippen molar-refractivity contribution in [3.8, 4) is 16.9 Å². The quantitative estimate of drug-likeness (QED) is 0.764. The zero-order valence-corrected chi connectivity index (χ0v) is 15.8. The molecule has 1 N–H and O–H groups in total. The molecule has 3 fully saturated rings. The SMILES string of the molecule is O=C(N[C@H]1CN2CCC1CC2)c1cnn(-c2ccccc2)c1-c1ccccc1. The fraction of sp³-hybridized carbons (Fsp3) is 0.304. The fourth-order valence-corrected chi connectivity index (χ4v) is 4.53. The fourth-order valence-electron chi connectivity index (χ4n) is 4.53. The Labute approximate surface area is 165 Å². The molecule has 6 rings (SSSR count). The Kier molecular flexibility index (Phi) is 4.45. The highest BCUT2D eigenvalue weighted by molar-refractivity contribution is 6.00. The Hall–Kier alpha value is -2.92. The number of hydrogen-bond acceptors (Lipinski definition) is 3. The van der Waals surface area contributed by atoms with E-state index in [0.29, 0.717) is 11.5 Å². The molecule has 1 amide bonds. The molecule has 3 aliphatic rings. The van der Waals surface area contributed by atoms with E-state index in [1.807, 2.05) is 65.3 Å². The number of para-hydroxylation sites is 1. The van der Waals surface area contributed by atoms with Crippen molar-refractivity contribution in [2.75, 3.05) is 19.6 Å². The maximum absolute atomic E-state index is 13.2. The van der Waals surface area contributed by atoms with Gasteiger partial charge in [-0.2, -0.15) is 5.10 Å². The van der Waals surface area contributed by atoms with Crippen LogP contribution in [0.3, 0.4) is 0 Å². The van der Waals surface area contributed by atoms with Crippen LogP contribution in [0.25, 0.3) is 16.9 Å². The van der Waals surface area contributed by atoms with Crippen molar-refractivity contribution in [2.45, 2.75) is 18.9 Å². The number of nitrogens with zero attached hydrogens (tertiary/aromatic N) is 3. The van der Waals surface area contributed by atoms with Crippen LogP contribution in [-0.4, -0.2) is 46.3 Å². The molecule has 3 saturated heterocycles. The van der Waals surface area contributed by atoms with Crippen LogP contribution >= 0.6 is 0 Å². The third kappa shape index (κ3) is 3.12. The lowest BCUT2D eigenvalue weighted by Crippen LogP contribution is -2.57. The first kappa shape index (κ1) is 17.2. The third-order valence-electron chi connectivity index (χ3n) is 6.03. The average Bonchev–Trinajstić information content (AvgIpc) is 3.21. The molecule has 1 aromatic heterocycles. The van der Waals surface area contributed by atoms with E-state index in [1.54, 1.807) is 6.20 Å². The second-order valence-electron chi connectivity index (χ2n) is 7.74. The van der Waals surface area contributed by atoms with Gasteiger partial charge in [-0.3, -0.25) is 4.79 Å². The van der Waals surface area contributed by atoms with Gasteiger partial charge in [0.1, 0.15) is 0 Å². The second kappa shape index (κ2) is 7.24. The molecule has 1 atom stereocenters. The Balaban J connectivity index is 1.51. The lowest BCUT2D eigenvalue weighted by Gasteiger charge is -2.44. The van der Waals surface area contributed by atoms with Crippen LogP contribution in [0.15, 0.2) is 66.9 Å². The summed E-state index contributed by atoms with van der Waals surface area (Å²) in [7, 11) is 0. The van der Waals surface area contributed by atoms with Crippen molar-refractivity contribution in [1.29, 1.82) is 0 Å². The summed E-state index contributed by atoms with van der Waals surface area (Å²) >= 11 is 0. The molecule has 0 radical (unpaired) electrons. The number of fused-ring (bicyclic) bond motifs is 3. The van der Waals surface area contributed by atoms with Crippen LogP contribution < -0.4 is 5.32 Å². The lowest BCUT2D eigenvalue weighted by molar-refractivity contribution is 0.0621. The van der Waals surface area contributed by atoms with Gasteiger partial charge in [-0.1, -0.05) is 48.5 Å². The van der Waals surface area contributed by atoms with Crippen LogP contribution in [0.2, 0.25) is 0 Å². The summed E-state index contributed by atoms with van der Waals surface area (Å²) in [5.41, 5.74) is 3.41. The largest absolute Gasteiger partial charge is 0.348 e. The normalized spacial score (nSPS) is 23.5. The van der Waals surface area contributed by atoms with Crippen molar-refractivity contribution in [2.24, 2.45) is 5.92 Å². The molecule has 2 bridgehead atoms. The van der Waals surface area contributed by atoms with Crippen molar-refractivity contribution in [3.63, 3.8) is 0 Å². The predicted octanol–water partition coefficient (Wildman–Crippen LogP) is 3.36. The number of carbonyl (C=O) groups is 1. The van der Waals surface area contributed by atoms with E-state index < -0.39 is 0 Å². The van der Waals surface area contributed by atoms with Gasteiger partial charge in [0.2, 0.25) is 0 Å². The van der Waals surface area contributed by atoms with Crippen LogP contribution in [0.5, 0.6) is 0 Å². The number of carbonyl (C=O) groups excluding carboxylic acids is 1. The number of nitrogens with one attached hydrogen (secondary N) is 1. The van der Waals surface area contributed by atoms with Gasteiger partial charge >= 0.3 is 0 Å². The van der Waals surface area contributed by atoms with Gasteiger partial charge in [-0.25, -0.2) is 4.68 Å². The summed E-state index contributed by atoms with van der Waals surface area (Å²) in [6, 6.07) is 20.2. The zero-order chi connectivity index (χ0) is 18.9. The molecule has 5 nitrogen and oxygen atoms in total. The van der Waals surface area contributed by atoms with Crippen molar-refractivity contribution < 1.29 is 4.79 Å². The van der Waals surface area contributed by atoms with Gasteiger partial charge in [0.25, 0.3) is 5.91 Å². The molecule has 0 aliphatic carbocycles. The second-order valence-corrected chi connectivity index (χ2v) is 7.74. The van der Waals surface area contributed by atoms with Gasteiger partial charge < -0.3 is 10.2 Å². The van der Waals surface area contributed by atoms with E-state index in [1.165, 1.54) is 12.8 Å². The van der Waals surface area contributed by atoms with Crippen molar-refractivity contribution in [3.05, 3.63) is 72.4 Å². The molecule has 0 spiro atoms. The molecule has 5 heteroatoms. The maximum Gasteiger partial charge on any atom is 0.255 e. The topological polar surface area (TPSA) is 50.2 Å². The predicted molar refractivity (Wildman–Crippen MR) is 109 cm³/mol. The molecule has 0 unspecified atom stereocenters. The number of rotatable bonds is 4. The Morgan fingerprint density at radius 3 is 2.29 bits per heavy atom. The minimum Gasteiger partial charge on any atom is -0.348 e. The Bertz CT molecular complexity index is 959. The molecule has 3 aliphatic heterocycles. The molecule has 4 heterocycles. The van der Waals surface area contributed by atoms with Gasteiger partial charge in [0.05, 0.1) is 23.1 Å².